The predicted octanol–water partition coefficient (Wildman–Crippen LogP) is 1.51. The molecule has 0 aromatic heterocycles. The van der Waals surface area contributed by atoms with Crippen LogP contribution in [0.25, 0.3) is 0 Å². The van der Waals surface area contributed by atoms with Crippen molar-refractivity contribution in [2.24, 2.45) is 5.92 Å². The summed E-state index contributed by atoms with van der Waals surface area (Å²) in [5.74, 6) is 0.334. The lowest BCUT2D eigenvalue weighted by molar-refractivity contribution is -0.124. The fourth-order valence-corrected chi connectivity index (χ4v) is 3.17. The Morgan fingerprint density at radius 1 is 1.19 bits per heavy atom. The summed E-state index contributed by atoms with van der Waals surface area (Å²) in [6.07, 6.45) is 3.63. The van der Waals surface area contributed by atoms with Crippen molar-refractivity contribution < 1.29 is 4.79 Å². The van der Waals surface area contributed by atoms with Crippen LogP contribution in [0.3, 0.4) is 0 Å². The summed E-state index contributed by atoms with van der Waals surface area (Å²) < 4.78 is 0. The molecular weight excluding hydrogens is 262 g/mol. The summed E-state index contributed by atoms with van der Waals surface area (Å²) in [6.45, 7) is 5.93. The van der Waals surface area contributed by atoms with Gasteiger partial charge in [0, 0.05) is 19.6 Å². The van der Waals surface area contributed by atoms with Crippen LogP contribution < -0.4 is 10.6 Å². The molecule has 2 heterocycles. The van der Waals surface area contributed by atoms with Crippen molar-refractivity contribution >= 4 is 5.91 Å². The summed E-state index contributed by atoms with van der Waals surface area (Å²) in [6, 6.07) is 8.66. The van der Waals surface area contributed by atoms with Crippen molar-refractivity contribution in [3.8, 4) is 0 Å². The SMILES string of the molecule is O=C(NCc1ccc(CN2CCCC2)cc1)C1CCNC1. The topological polar surface area (TPSA) is 44.4 Å². The normalized spacial score (nSPS) is 22.6. The third-order valence-corrected chi connectivity index (χ3v) is 4.53. The first-order chi connectivity index (χ1) is 10.3. The van der Waals surface area contributed by atoms with E-state index in [0.717, 1.165) is 26.1 Å². The van der Waals surface area contributed by atoms with Gasteiger partial charge in [-0.25, -0.2) is 0 Å². The highest BCUT2D eigenvalue weighted by Crippen LogP contribution is 2.13. The summed E-state index contributed by atoms with van der Waals surface area (Å²) in [4.78, 5) is 14.5. The molecule has 1 amide bonds. The van der Waals surface area contributed by atoms with Gasteiger partial charge in [-0.15, -0.1) is 0 Å². The minimum atomic E-state index is 0.152. The number of carbonyl (C=O) groups is 1. The molecule has 0 radical (unpaired) electrons. The Hall–Kier alpha value is -1.39. The van der Waals surface area contributed by atoms with Crippen LogP contribution in [0.5, 0.6) is 0 Å². The van der Waals surface area contributed by atoms with Gasteiger partial charge in [-0.1, -0.05) is 24.3 Å². The summed E-state index contributed by atoms with van der Waals surface area (Å²) in [5.41, 5.74) is 2.55. The molecule has 2 saturated heterocycles. The Morgan fingerprint density at radius 2 is 1.90 bits per heavy atom. The molecule has 2 aliphatic heterocycles. The number of nitrogens with one attached hydrogen (secondary N) is 2. The lowest BCUT2D eigenvalue weighted by Gasteiger charge is -2.15. The molecule has 1 unspecified atom stereocenters. The van der Waals surface area contributed by atoms with Crippen molar-refractivity contribution in [2.75, 3.05) is 26.2 Å². The van der Waals surface area contributed by atoms with Crippen molar-refractivity contribution in [1.29, 1.82) is 0 Å². The maximum absolute atomic E-state index is 12.0. The van der Waals surface area contributed by atoms with Gasteiger partial charge in [-0.05, 0) is 50.0 Å². The zero-order valence-corrected chi connectivity index (χ0v) is 12.6. The summed E-state index contributed by atoms with van der Waals surface area (Å²) in [7, 11) is 0. The smallest absolute Gasteiger partial charge is 0.224 e. The number of likely N-dealkylation sites (tertiary alicyclic amines) is 1. The zero-order valence-electron chi connectivity index (χ0n) is 12.6. The fourth-order valence-electron chi connectivity index (χ4n) is 3.17. The largest absolute Gasteiger partial charge is 0.352 e. The predicted molar refractivity (Wildman–Crippen MR) is 83.8 cm³/mol. The van der Waals surface area contributed by atoms with Crippen LogP contribution in [0.1, 0.15) is 30.4 Å². The number of rotatable bonds is 5. The van der Waals surface area contributed by atoms with E-state index in [2.05, 4.69) is 39.8 Å². The van der Waals surface area contributed by atoms with E-state index < -0.39 is 0 Å². The second-order valence-electron chi connectivity index (χ2n) is 6.21. The van der Waals surface area contributed by atoms with E-state index >= 15 is 0 Å². The van der Waals surface area contributed by atoms with Crippen molar-refractivity contribution in [1.82, 2.24) is 15.5 Å². The molecule has 114 valence electrons. The van der Waals surface area contributed by atoms with Gasteiger partial charge >= 0.3 is 0 Å². The number of carbonyl (C=O) groups excluding carboxylic acids is 1. The highest BCUT2D eigenvalue weighted by Gasteiger charge is 2.21. The first-order valence-electron chi connectivity index (χ1n) is 8.10. The van der Waals surface area contributed by atoms with Crippen LogP contribution in [-0.4, -0.2) is 37.0 Å². The first-order valence-corrected chi connectivity index (χ1v) is 8.10. The van der Waals surface area contributed by atoms with Gasteiger partial charge in [0.2, 0.25) is 5.91 Å². The third-order valence-electron chi connectivity index (χ3n) is 4.53. The molecular formula is C17H25N3O. The molecule has 2 fully saturated rings. The van der Waals surface area contributed by atoms with Crippen molar-refractivity contribution in [3.63, 3.8) is 0 Å². The molecule has 2 aliphatic rings. The standard InChI is InChI=1S/C17H25N3O/c21-17(16-7-8-18-12-16)19-11-14-3-5-15(6-4-14)13-20-9-1-2-10-20/h3-6,16,18H,1-2,7-13H2,(H,19,21). The van der Waals surface area contributed by atoms with E-state index in [4.69, 9.17) is 0 Å². The van der Waals surface area contributed by atoms with E-state index in [9.17, 15) is 4.79 Å². The maximum Gasteiger partial charge on any atom is 0.224 e. The van der Waals surface area contributed by atoms with E-state index in [1.807, 2.05) is 0 Å². The summed E-state index contributed by atoms with van der Waals surface area (Å²) in [5, 5.41) is 6.27. The van der Waals surface area contributed by atoms with Gasteiger partial charge in [0.1, 0.15) is 0 Å². The van der Waals surface area contributed by atoms with E-state index in [-0.39, 0.29) is 11.8 Å². The highest BCUT2D eigenvalue weighted by atomic mass is 16.1. The van der Waals surface area contributed by atoms with Gasteiger partial charge in [0.25, 0.3) is 0 Å². The molecule has 3 rings (SSSR count). The molecule has 2 N–H and O–H groups in total. The molecule has 1 aromatic rings. The van der Waals surface area contributed by atoms with Gasteiger partial charge in [0.15, 0.2) is 0 Å². The molecule has 0 spiro atoms. The minimum absolute atomic E-state index is 0.152. The van der Waals surface area contributed by atoms with E-state index in [1.54, 1.807) is 0 Å². The molecule has 1 atom stereocenters. The van der Waals surface area contributed by atoms with Crippen LogP contribution in [0.15, 0.2) is 24.3 Å². The van der Waals surface area contributed by atoms with Crippen LogP contribution in [0.4, 0.5) is 0 Å². The van der Waals surface area contributed by atoms with Crippen molar-refractivity contribution in [3.05, 3.63) is 35.4 Å². The minimum Gasteiger partial charge on any atom is -0.352 e. The van der Waals surface area contributed by atoms with Gasteiger partial charge in [0.05, 0.1) is 5.92 Å². The van der Waals surface area contributed by atoms with Gasteiger partial charge in [-0.3, -0.25) is 9.69 Å². The van der Waals surface area contributed by atoms with Crippen molar-refractivity contribution in [2.45, 2.75) is 32.4 Å². The Morgan fingerprint density at radius 3 is 2.57 bits per heavy atom. The molecule has 0 bridgehead atoms. The van der Waals surface area contributed by atoms with E-state index in [1.165, 1.54) is 37.1 Å². The fraction of sp³-hybridized carbons (Fsp3) is 0.588. The molecule has 21 heavy (non-hydrogen) atoms. The Balaban J connectivity index is 1.46. The van der Waals surface area contributed by atoms with Crippen LogP contribution in [-0.2, 0) is 17.9 Å². The zero-order chi connectivity index (χ0) is 14.5. The molecule has 1 aromatic carbocycles. The van der Waals surface area contributed by atoms with Gasteiger partial charge in [-0.2, -0.15) is 0 Å². The highest BCUT2D eigenvalue weighted by molar-refractivity contribution is 5.79. The van der Waals surface area contributed by atoms with E-state index in [0.29, 0.717) is 6.54 Å². The molecule has 0 aliphatic carbocycles. The lowest BCUT2D eigenvalue weighted by Crippen LogP contribution is -2.31. The quantitative estimate of drug-likeness (QED) is 0.863. The molecule has 4 nitrogen and oxygen atoms in total. The number of nitrogens with zero attached hydrogens (tertiary/aromatic N) is 1. The maximum atomic E-state index is 12.0. The monoisotopic (exact) mass is 287 g/mol. The number of benzene rings is 1. The average molecular weight is 287 g/mol. The molecule has 0 saturated carbocycles. The second-order valence-corrected chi connectivity index (χ2v) is 6.21. The first kappa shape index (κ1) is 14.5. The molecule has 4 heteroatoms. The summed E-state index contributed by atoms with van der Waals surface area (Å²) >= 11 is 0. The van der Waals surface area contributed by atoms with Crippen LogP contribution in [0.2, 0.25) is 0 Å². The number of amides is 1. The van der Waals surface area contributed by atoms with Gasteiger partial charge < -0.3 is 10.6 Å². The third kappa shape index (κ3) is 4.05. The van der Waals surface area contributed by atoms with Crippen LogP contribution >= 0.6 is 0 Å². The number of hydrogen-bond donors (Lipinski definition) is 2. The van der Waals surface area contributed by atoms with Crippen LogP contribution in [0, 0.1) is 5.92 Å². The number of hydrogen-bond acceptors (Lipinski definition) is 3. The lowest BCUT2D eigenvalue weighted by atomic mass is 10.1. The Labute approximate surface area is 126 Å². The average Bonchev–Trinajstić information content (AvgIpc) is 3.19. The second kappa shape index (κ2) is 7.05. The Kier molecular flexibility index (Phi) is 4.88. The Bertz CT molecular complexity index is 459.